The van der Waals surface area contributed by atoms with Crippen LogP contribution >= 0.6 is 0 Å². The Labute approximate surface area is 188 Å². The van der Waals surface area contributed by atoms with Crippen molar-refractivity contribution in [3.05, 3.63) is 75.3 Å². The number of benzene rings is 2. The monoisotopic (exact) mass is 435 g/mol. The first-order valence-electron chi connectivity index (χ1n) is 11.3. The van der Waals surface area contributed by atoms with Gasteiger partial charge in [0.05, 0.1) is 11.5 Å². The highest BCUT2D eigenvalue weighted by Gasteiger charge is 2.47. The van der Waals surface area contributed by atoms with Crippen molar-refractivity contribution in [3.63, 3.8) is 0 Å². The van der Waals surface area contributed by atoms with Gasteiger partial charge in [0.1, 0.15) is 12.1 Å². The molecule has 7 nitrogen and oxygen atoms in total. The van der Waals surface area contributed by atoms with E-state index in [9.17, 15) is 19.7 Å². The molecule has 0 radical (unpaired) electrons. The van der Waals surface area contributed by atoms with Gasteiger partial charge < -0.3 is 10.2 Å². The van der Waals surface area contributed by atoms with Crippen LogP contribution in [0.15, 0.2) is 48.5 Å². The lowest BCUT2D eigenvalue weighted by Gasteiger charge is -2.43. The number of para-hydroxylation sites is 1. The summed E-state index contributed by atoms with van der Waals surface area (Å²) in [6.45, 7) is 4.07. The standard InChI is InChI=1S/C25H29N3O4/c1-3-16(4-2)23-24(29)26-22(20-13-17-9-5-6-10-18(17)14-20)25(30)27(23)15-19-11-7-8-12-21(19)28(31)32/h5-12,16,20,22-23H,3-4,13-15H2,1-2H3,(H,26,29)/t22-,23-/m1/s1. The van der Waals surface area contributed by atoms with E-state index in [1.807, 2.05) is 26.0 Å². The molecule has 4 rings (SSSR count). The molecule has 2 aromatic carbocycles. The van der Waals surface area contributed by atoms with Crippen LogP contribution in [-0.4, -0.2) is 33.7 Å². The molecule has 0 saturated carbocycles. The van der Waals surface area contributed by atoms with Gasteiger partial charge in [-0.15, -0.1) is 0 Å². The zero-order valence-corrected chi connectivity index (χ0v) is 18.5. The summed E-state index contributed by atoms with van der Waals surface area (Å²) in [5.74, 6) is -0.321. The molecule has 32 heavy (non-hydrogen) atoms. The molecule has 1 aliphatic heterocycles. The Morgan fingerprint density at radius 1 is 1.03 bits per heavy atom. The SMILES string of the molecule is CCC(CC)[C@@H]1C(=O)N[C@H](C2Cc3ccccc3C2)C(=O)N1Cc1ccccc1[N+](=O)[O-]. The zero-order valence-electron chi connectivity index (χ0n) is 18.5. The van der Waals surface area contributed by atoms with Gasteiger partial charge in [0.25, 0.3) is 5.69 Å². The maximum atomic E-state index is 13.8. The number of carbonyl (C=O) groups excluding carboxylic acids is 2. The van der Waals surface area contributed by atoms with Gasteiger partial charge in [-0.2, -0.15) is 0 Å². The lowest BCUT2D eigenvalue weighted by molar-refractivity contribution is -0.385. The largest absolute Gasteiger partial charge is 0.342 e. The summed E-state index contributed by atoms with van der Waals surface area (Å²) in [5, 5.41) is 14.6. The van der Waals surface area contributed by atoms with Crippen molar-refractivity contribution in [2.75, 3.05) is 0 Å². The van der Waals surface area contributed by atoms with Crippen molar-refractivity contribution in [2.24, 2.45) is 11.8 Å². The Kier molecular flexibility index (Phi) is 6.26. The second-order valence-electron chi connectivity index (χ2n) is 8.80. The van der Waals surface area contributed by atoms with Gasteiger partial charge in [0, 0.05) is 11.6 Å². The third-order valence-corrected chi connectivity index (χ3v) is 7.03. The molecule has 2 atom stereocenters. The van der Waals surface area contributed by atoms with Crippen LogP contribution in [0.3, 0.4) is 0 Å². The molecule has 1 aliphatic carbocycles. The number of nitro groups is 1. The van der Waals surface area contributed by atoms with Crippen LogP contribution in [0, 0.1) is 22.0 Å². The lowest BCUT2D eigenvalue weighted by Crippen LogP contribution is -2.66. The van der Waals surface area contributed by atoms with E-state index in [1.54, 1.807) is 23.1 Å². The van der Waals surface area contributed by atoms with E-state index in [4.69, 9.17) is 0 Å². The Morgan fingerprint density at radius 2 is 1.62 bits per heavy atom. The van der Waals surface area contributed by atoms with Gasteiger partial charge in [0.2, 0.25) is 11.8 Å². The van der Waals surface area contributed by atoms with E-state index < -0.39 is 17.0 Å². The first kappa shape index (κ1) is 22.0. The van der Waals surface area contributed by atoms with E-state index in [-0.39, 0.29) is 35.9 Å². The molecule has 0 aromatic heterocycles. The van der Waals surface area contributed by atoms with Crippen molar-refractivity contribution >= 4 is 17.5 Å². The Hall–Kier alpha value is -3.22. The Morgan fingerprint density at radius 3 is 2.22 bits per heavy atom. The summed E-state index contributed by atoms with van der Waals surface area (Å²) in [4.78, 5) is 39.8. The molecule has 168 valence electrons. The van der Waals surface area contributed by atoms with E-state index in [1.165, 1.54) is 17.2 Å². The zero-order chi connectivity index (χ0) is 22.8. The van der Waals surface area contributed by atoms with Gasteiger partial charge in [0.15, 0.2) is 0 Å². The molecular formula is C25H29N3O4. The summed E-state index contributed by atoms with van der Waals surface area (Å²) in [6.07, 6.45) is 2.97. The summed E-state index contributed by atoms with van der Waals surface area (Å²) < 4.78 is 0. The molecule has 1 fully saturated rings. The summed E-state index contributed by atoms with van der Waals surface area (Å²) in [7, 11) is 0. The predicted molar refractivity (Wildman–Crippen MR) is 121 cm³/mol. The fourth-order valence-electron chi connectivity index (χ4n) is 5.29. The van der Waals surface area contributed by atoms with Crippen LogP contribution in [0.5, 0.6) is 0 Å². The predicted octanol–water partition coefficient (Wildman–Crippen LogP) is 3.64. The Balaban J connectivity index is 1.67. The maximum absolute atomic E-state index is 13.8. The van der Waals surface area contributed by atoms with Crippen molar-refractivity contribution in [2.45, 2.75) is 58.2 Å². The number of nitro benzene ring substituents is 1. The van der Waals surface area contributed by atoms with Gasteiger partial charge in [-0.25, -0.2) is 0 Å². The topological polar surface area (TPSA) is 92.6 Å². The van der Waals surface area contributed by atoms with E-state index >= 15 is 0 Å². The van der Waals surface area contributed by atoms with Crippen LogP contribution in [0.25, 0.3) is 0 Å². The smallest absolute Gasteiger partial charge is 0.274 e. The van der Waals surface area contributed by atoms with Gasteiger partial charge in [-0.3, -0.25) is 19.7 Å². The van der Waals surface area contributed by atoms with Gasteiger partial charge in [-0.1, -0.05) is 69.2 Å². The van der Waals surface area contributed by atoms with Crippen LogP contribution in [-0.2, 0) is 29.0 Å². The van der Waals surface area contributed by atoms with Crippen molar-refractivity contribution < 1.29 is 14.5 Å². The highest BCUT2D eigenvalue weighted by molar-refractivity contribution is 5.97. The number of nitrogens with one attached hydrogen (secondary N) is 1. The molecule has 0 bridgehead atoms. The van der Waals surface area contributed by atoms with Crippen molar-refractivity contribution in [1.82, 2.24) is 10.2 Å². The highest BCUT2D eigenvalue weighted by Crippen LogP contribution is 2.34. The molecule has 1 N–H and O–H groups in total. The van der Waals surface area contributed by atoms with Crippen LogP contribution < -0.4 is 5.32 Å². The molecule has 0 spiro atoms. The highest BCUT2D eigenvalue weighted by atomic mass is 16.6. The first-order chi connectivity index (χ1) is 15.4. The summed E-state index contributed by atoms with van der Waals surface area (Å²) in [5.41, 5.74) is 2.85. The summed E-state index contributed by atoms with van der Waals surface area (Å²) in [6, 6.07) is 13.3. The molecule has 0 unspecified atom stereocenters. The van der Waals surface area contributed by atoms with Crippen LogP contribution in [0.4, 0.5) is 5.69 Å². The molecule has 2 amide bonds. The van der Waals surface area contributed by atoms with E-state index in [2.05, 4.69) is 17.4 Å². The number of piperazine rings is 1. The van der Waals surface area contributed by atoms with Crippen LogP contribution in [0.1, 0.15) is 43.4 Å². The molecule has 2 aromatic rings. The first-order valence-corrected chi connectivity index (χ1v) is 11.3. The fraction of sp³-hybridized carbons (Fsp3) is 0.440. The average Bonchev–Trinajstić information content (AvgIpc) is 3.22. The number of carbonyl (C=O) groups is 2. The maximum Gasteiger partial charge on any atom is 0.274 e. The van der Waals surface area contributed by atoms with E-state index in [0.717, 1.165) is 25.7 Å². The number of amides is 2. The minimum atomic E-state index is -0.627. The molecule has 7 heteroatoms. The van der Waals surface area contributed by atoms with Crippen molar-refractivity contribution in [1.29, 1.82) is 0 Å². The fourth-order valence-corrected chi connectivity index (χ4v) is 5.29. The third-order valence-electron chi connectivity index (χ3n) is 7.03. The Bertz CT molecular complexity index is 1010. The number of hydrogen-bond acceptors (Lipinski definition) is 4. The van der Waals surface area contributed by atoms with Crippen molar-refractivity contribution in [3.8, 4) is 0 Å². The average molecular weight is 436 g/mol. The normalized spacial score (nSPS) is 21.0. The second kappa shape index (κ2) is 9.10. The number of nitrogens with zero attached hydrogens (tertiary/aromatic N) is 2. The number of rotatable bonds is 7. The van der Waals surface area contributed by atoms with Crippen LogP contribution in [0.2, 0.25) is 0 Å². The van der Waals surface area contributed by atoms with Gasteiger partial charge >= 0.3 is 0 Å². The number of hydrogen-bond donors (Lipinski definition) is 1. The minimum absolute atomic E-state index is 0.0107. The lowest BCUT2D eigenvalue weighted by atomic mass is 9.86. The quantitative estimate of drug-likeness (QED) is 0.531. The minimum Gasteiger partial charge on any atom is -0.342 e. The third kappa shape index (κ3) is 3.99. The molecule has 1 heterocycles. The summed E-state index contributed by atoms with van der Waals surface area (Å²) >= 11 is 0. The second-order valence-corrected chi connectivity index (χ2v) is 8.80. The van der Waals surface area contributed by atoms with Gasteiger partial charge in [-0.05, 0) is 35.8 Å². The number of fused-ring (bicyclic) bond motifs is 1. The molecule has 2 aliphatic rings. The van der Waals surface area contributed by atoms with E-state index in [0.29, 0.717) is 5.56 Å². The molecular weight excluding hydrogens is 406 g/mol. The molecule has 1 saturated heterocycles.